The average Bonchev–Trinajstić information content (AvgIpc) is 3.26. The average molecular weight is 397 g/mol. The number of nitrogens with one attached hydrogen (secondary N) is 1. The van der Waals surface area contributed by atoms with Crippen molar-refractivity contribution in [2.45, 2.75) is 43.5 Å². The molecule has 3 heterocycles. The maximum absolute atomic E-state index is 12.8. The second-order valence-electron chi connectivity index (χ2n) is 6.74. The minimum absolute atomic E-state index is 0.0522. The lowest BCUT2D eigenvalue weighted by atomic mass is 9.98. The van der Waals surface area contributed by atoms with Crippen molar-refractivity contribution in [3.8, 4) is 0 Å². The Balaban J connectivity index is 1.61. The molecule has 0 aromatic carbocycles. The molecule has 0 aliphatic carbocycles. The number of hydrogen-bond donors (Lipinski definition) is 1. The topological polar surface area (TPSA) is 84.3 Å². The number of aromatic nitrogens is 2. The van der Waals surface area contributed by atoms with Gasteiger partial charge < -0.3 is 9.88 Å². The maximum atomic E-state index is 12.8. The summed E-state index contributed by atoms with van der Waals surface area (Å²) in [4.78, 5) is 17.5. The Morgan fingerprint density at radius 3 is 2.92 bits per heavy atom. The van der Waals surface area contributed by atoms with Crippen molar-refractivity contribution in [1.82, 2.24) is 19.2 Å². The summed E-state index contributed by atoms with van der Waals surface area (Å²) in [6.07, 6.45) is 6.66. The number of sulfonamides is 1. The first kappa shape index (κ1) is 19.1. The summed E-state index contributed by atoms with van der Waals surface area (Å²) < 4.78 is 29.3. The number of nitrogens with zero attached hydrogens (tertiary/aromatic N) is 3. The molecular formula is C17H24N4O3S2. The minimum atomic E-state index is -3.52. The molecule has 142 valence electrons. The highest BCUT2D eigenvalue weighted by Crippen LogP contribution is 2.28. The van der Waals surface area contributed by atoms with Gasteiger partial charge in [0.2, 0.25) is 5.91 Å². The number of hydrogen-bond acceptors (Lipinski definition) is 5. The molecule has 1 fully saturated rings. The molecule has 26 heavy (non-hydrogen) atoms. The summed E-state index contributed by atoms with van der Waals surface area (Å²) >= 11 is 1.27. The van der Waals surface area contributed by atoms with Crippen molar-refractivity contribution < 1.29 is 13.2 Å². The van der Waals surface area contributed by atoms with E-state index in [0.29, 0.717) is 30.1 Å². The van der Waals surface area contributed by atoms with Gasteiger partial charge >= 0.3 is 0 Å². The van der Waals surface area contributed by atoms with Crippen molar-refractivity contribution in [2.75, 3.05) is 13.1 Å². The lowest BCUT2D eigenvalue weighted by molar-refractivity contribution is -0.126. The summed E-state index contributed by atoms with van der Waals surface area (Å²) in [6, 6.07) is 3.40. The number of aryl methyl sites for hydroxylation is 1. The van der Waals surface area contributed by atoms with Gasteiger partial charge in [-0.05, 0) is 38.8 Å². The van der Waals surface area contributed by atoms with Crippen LogP contribution >= 0.6 is 11.3 Å². The van der Waals surface area contributed by atoms with Crippen LogP contribution in [0.15, 0.2) is 35.1 Å². The summed E-state index contributed by atoms with van der Waals surface area (Å²) in [5.74, 6) is -0.398. The molecule has 7 nitrogen and oxygen atoms in total. The van der Waals surface area contributed by atoms with E-state index in [0.717, 1.165) is 4.88 Å². The van der Waals surface area contributed by atoms with Crippen molar-refractivity contribution >= 4 is 27.3 Å². The van der Waals surface area contributed by atoms with Crippen molar-refractivity contribution in [3.63, 3.8) is 0 Å². The number of amides is 1. The number of carbonyl (C=O) groups is 1. The highest BCUT2D eigenvalue weighted by molar-refractivity contribution is 7.91. The van der Waals surface area contributed by atoms with Gasteiger partial charge in [0, 0.05) is 42.9 Å². The Morgan fingerprint density at radius 1 is 1.46 bits per heavy atom. The summed E-state index contributed by atoms with van der Waals surface area (Å²) in [5, 5.41) is 3.00. The van der Waals surface area contributed by atoms with Gasteiger partial charge in [-0.15, -0.1) is 11.3 Å². The molecule has 0 spiro atoms. The Hall–Kier alpha value is -1.71. The second kappa shape index (κ2) is 7.89. The molecule has 2 aromatic heterocycles. The Kier molecular flexibility index (Phi) is 5.79. The summed E-state index contributed by atoms with van der Waals surface area (Å²) in [7, 11) is -3.52. The van der Waals surface area contributed by atoms with Crippen LogP contribution in [0.5, 0.6) is 0 Å². The first-order chi connectivity index (χ1) is 12.4. The van der Waals surface area contributed by atoms with E-state index in [9.17, 15) is 13.2 Å². The molecule has 9 heteroatoms. The molecule has 1 aliphatic heterocycles. The number of rotatable bonds is 6. The fourth-order valence-corrected chi connectivity index (χ4v) is 6.13. The van der Waals surface area contributed by atoms with Gasteiger partial charge in [-0.3, -0.25) is 4.79 Å². The second-order valence-corrected chi connectivity index (χ2v) is 10.2. The van der Waals surface area contributed by atoms with Crippen LogP contribution in [0.4, 0.5) is 0 Å². The van der Waals surface area contributed by atoms with Crippen LogP contribution in [0, 0.1) is 12.8 Å². The van der Waals surface area contributed by atoms with Crippen LogP contribution in [0.2, 0.25) is 0 Å². The zero-order valence-corrected chi connectivity index (χ0v) is 16.6. The van der Waals surface area contributed by atoms with Gasteiger partial charge in [0.1, 0.15) is 4.21 Å². The van der Waals surface area contributed by atoms with E-state index in [-0.39, 0.29) is 24.4 Å². The zero-order valence-electron chi connectivity index (χ0n) is 15.0. The van der Waals surface area contributed by atoms with Crippen LogP contribution in [0.1, 0.15) is 24.6 Å². The Morgan fingerprint density at radius 2 is 2.27 bits per heavy atom. The molecule has 2 atom stereocenters. The van der Waals surface area contributed by atoms with Gasteiger partial charge in [0.25, 0.3) is 10.0 Å². The van der Waals surface area contributed by atoms with Crippen molar-refractivity contribution in [1.29, 1.82) is 0 Å². The smallest absolute Gasteiger partial charge is 0.252 e. The maximum Gasteiger partial charge on any atom is 0.252 e. The largest absolute Gasteiger partial charge is 0.352 e. The van der Waals surface area contributed by atoms with Crippen LogP contribution in [-0.4, -0.2) is 47.3 Å². The van der Waals surface area contributed by atoms with Crippen LogP contribution in [-0.2, 0) is 21.4 Å². The van der Waals surface area contributed by atoms with Gasteiger partial charge in [0.15, 0.2) is 0 Å². The molecule has 1 N–H and O–H groups in total. The van der Waals surface area contributed by atoms with Crippen molar-refractivity contribution in [3.05, 3.63) is 35.7 Å². The van der Waals surface area contributed by atoms with E-state index in [1.165, 1.54) is 15.6 Å². The minimum Gasteiger partial charge on any atom is -0.352 e. The summed E-state index contributed by atoms with van der Waals surface area (Å²) in [6.45, 7) is 5.16. The lowest BCUT2D eigenvalue weighted by Gasteiger charge is -2.31. The molecule has 1 amide bonds. The highest BCUT2D eigenvalue weighted by atomic mass is 32.2. The van der Waals surface area contributed by atoms with E-state index >= 15 is 0 Å². The van der Waals surface area contributed by atoms with Gasteiger partial charge in [-0.25, -0.2) is 13.4 Å². The van der Waals surface area contributed by atoms with Crippen molar-refractivity contribution in [2.24, 2.45) is 5.92 Å². The van der Waals surface area contributed by atoms with Crippen LogP contribution < -0.4 is 5.32 Å². The molecule has 0 bridgehead atoms. The fraction of sp³-hybridized carbons (Fsp3) is 0.529. The number of carbonyl (C=O) groups excluding carboxylic acids is 1. The quantitative estimate of drug-likeness (QED) is 0.808. The number of imidazole rings is 1. The molecule has 2 aromatic rings. The number of thiophene rings is 1. The predicted molar refractivity (Wildman–Crippen MR) is 100 cm³/mol. The third kappa shape index (κ3) is 4.33. The first-order valence-corrected chi connectivity index (χ1v) is 10.9. The SMILES string of the molecule is Cc1ccc(S(=O)(=O)N2CCC[C@H](C(=O)N[C@H](C)Cn3ccnc3)C2)s1. The summed E-state index contributed by atoms with van der Waals surface area (Å²) in [5.41, 5.74) is 0. The van der Waals surface area contributed by atoms with E-state index in [1.807, 2.05) is 30.7 Å². The van der Waals surface area contributed by atoms with E-state index < -0.39 is 10.0 Å². The van der Waals surface area contributed by atoms with Gasteiger partial charge in [-0.2, -0.15) is 4.31 Å². The van der Waals surface area contributed by atoms with Gasteiger partial charge in [0.05, 0.1) is 12.2 Å². The van der Waals surface area contributed by atoms with E-state index in [1.54, 1.807) is 18.6 Å². The molecular weight excluding hydrogens is 372 g/mol. The molecule has 1 saturated heterocycles. The normalized spacial score (nSPS) is 20.0. The third-order valence-electron chi connectivity index (χ3n) is 4.50. The standard InChI is InChI=1S/C17H24N4O3S2/c1-13(10-20-9-7-18-12-20)19-17(22)15-4-3-8-21(11-15)26(23,24)16-6-5-14(2)25-16/h5-7,9,12-13,15H,3-4,8,10-11H2,1-2H3,(H,19,22)/t13-,15+/m1/s1. The van der Waals surface area contributed by atoms with Gasteiger partial charge in [-0.1, -0.05) is 0 Å². The Bertz CT molecular complexity index is 845. The van der Waals surface area contributed by atoms with Crippen LogP contribution in [0.25, 0.3) is 0 Å². The fourth-order valence-electron chi connectivity index (χ4n) is 3.17. The molecule has 0 radical (unpaired) electrons. The lowest BCUT2D eigenvalue weighted by Crippen LogP contribution is -2.47. The Labute approximate surface area is 158 Å². The van der Waals surface area contributed by atoms with E-state index in [4.69, 9.17) is 0 Å². The molecule has 0 unspecified atom stereocenters. The third-order valence-corrected chi connectivity index (χ3v) is 7.83. The molecule has 0 saturated carbocycles. The monoisotopic (exact) mass is 396 g/mol. The molecule has 1 aliphatic rings. The molecule has 3 rings (SSSR count). The van der Waals surface area contributed by atoms with Crippen LogP contribution in [0.3, 0.4) is 0 Å². The van der Waals surface area contributed by atoms with E-state index in [2.05, 4.69) is 10.3 Å². The first-order valence-electron chi connectivity index (χ1n) is 8.69. The predicted octanol–water partition coefficient (Wildman–Crippen LogP) is 1.86. The highest BCUT2D eigenvalue weighted by Gasteiger charge is 2.34. The zero-order chi connectivity index (χ0) is 18.7. The number of piperidine rings is 1.